The number of nitrogens with one attached hydrogen (secondary N) is 1. The van der Waals surface area contributed by atoms with Gasteiger partial charge in [0.2, 0.25) is 5.91 Å². The predicted octanol–water partition coefficient (Wildman–Crippen LogP) is 0.342. The normalized spacial score (nSPS) is 25.1. The third kappa shape index (κ3) is 3.48. The Bertz CT molecular complexity index is 256. The Morgan fingerprint density at radius 2 is 1.88 bits per heavy atom. The molecule has 92 valence electrons. The fraction of sp³-hybridized carbons (Fsp3) is 0.818. The van der Waals surface area contributed by atoms with Crippen LogP contribution in [0.25, 0.3) is 0 Å². The highest BCUT2D eigenvalue weighted by molar-refractivity contribution is 5.84. The van der Waals surface area contributed by atoms with Gasteiger partial charge in [-0.3, -0.25) is 9.59 Å². The molecular weight excluding hydrogens is 208 g/mol. The highest BCUT2D eigenvalue weighted by Gasteiger charge is 2.35. The van der Waals surface area contributed by atoms with Crippen molar-refractivity contribution in [2.75, 3.05) is 13.1 Å². The van der Waals surface area contributed by atoms with Gasteiger partial charge in [0, 0.05) is 6.54 Å². The standard InChI is InChI=1S/C11H20N2O3/c12-6-3-7-13-10(14)8-4-1-2-5-9(8)11(15)16/h8-9H,1-7,12H2,(H,13,14)(H,15,16)/t8-,9+/m1/s1. The maximum atomic E-state index is 11.8. The first-order valence-electron chi connectivity index (χ1n) is 5.87. The minimum absolute atomic E-state index is 0.124. The van der Waals surface area contributed by atoms with Gasteiger partial charge in [-0.25, -0.2) is 0 Å². The summed E-state index contributed by atoms with van der Waals surface area (Å²) in [6.45, 7) is 1.07. The number of carboxylic acids is 1. The Hall–Kier alpha value is -1.10. The van der Waals surface area contributed by atoms with Crippen LogP contribution in [0, 0.1) is 11.8 Å². The van der Waals surface area contributed by atoms with Crippen molar-refractivity contribution in [1.29, 1.82) is 0 Å². The van der Waals surface area contributed by atoms with E-state index in [1.807, 2.05) is 0 Å². The summed E-state index contributed by atoms with van der Waals surface area (Å²) < 4.78 is 0. The van der Waals surface area contributed by atoms with Gasteiger partial charge in [0.05, 0.1) is 11.8 Å². The van der Waals surface area contributed by atoms with E-state index < -0.39 is 11.9 Å². The minimum atomic E-state index is -0.848. The molecule has 0 aromatic heterocycles. The molecule has 0 heterocycles. The second-order valence-electron chi connectivity index (χ2n) is 4.27. The average Bonchev–Trinajstić information content (AvgIpc) is 2.29. The van der Waals surface area contributed by atoms with Crippen LogP contribution in [0.2, 0.25) is 0 Å². The second kappa shape index (κ2) is 6.48. The summed E-state index contributed by atoms with van der Waals surface area (Å²) in [6, 6.07) is 0. The van der Waals surface area contributed by atoms with Crippen molar-refractivity contribution in [2.24, 2.45) is 17.6 Å². The maximum absolute atomic E-state index is 11.8. The molecule has 0 saturated heterocycles. The van der Waals surface area contributed by atoms with Crippen molar-refractivity contribution in [3.63, 3.8) is 0 Å². The largest absolute Gasteiger partial charge is 0.481 e. The lowest BCUT2D eigenvalue weighted by Gasteiger charge is -2.27. The van der Waals surface area contributed by atoms with Crippen LogP contribution in [-0.2, 0) is 9.59 Å². The molecule has 0 aromatic carbocycles. The first-order valence-corrected chi connectivity index (χ1v) is 5.87. The molecule has 1 amide bonds. The molecule has 1 aliphatic carbocycles. The highest BCUT2D eigenvalue weighted by atomic mass is 16.4. The third-order valence-corrected chi connectivity index (χ3v) is 3.10. The second-order valence-corrected chi connectivity index (χ2v) is 4.27. The quantitative estimate of drug-likeness (QED) is 0.592. The van der Waals surface area contributed by atoms with E-state index in [2.05, 4.69) is 5.32 Å². The van der Waals surface area contributed by atoms with Crippen LogP contribution in [0.1, 0.15) is 32.1 Å². The van der Waals surface area contributed by atoms with Crippen LogP contribution in [0.4, 0.5) is 0 Å². The van der Waals surface area contributed by atoms with Crippen LogP contribution in [-0.4, -0.2) is 30.1 Å². The van der Waals surface area contributed by atoms with E-state index in [0.29, 0.717) is 25.9 Å². The molecule has 0 spiro atoms. The molecule has 5 nitrogen and oxygen atoms in total. The molecule has 0 aliphatic heterocycles. The van der Waals surface area contributed by atoms with Gasteiger partial charge in [0.25, 0.3) is 0 Å². The lowest BCUT2D eigenvalue weighted by atomic mass is 9.79. The molecule has 4 N–H and O–H groups in total. The maximum Gasteiger partial charge on any atom is 0.307 e. The van der Waals surface area contributed by atoms with Gasteiger partial charge in [-0.1, -0.05) is 12.8 Å². The van der Waals surface area contributed by atoms with Gasteiger partial charge in [-0.15, -0.1) is 0 Å². The average molecular weight is 228 g/mol. The first kappa shape index (κ1) is 13.0. The topological polar surface area (TPSA) is 92.4 Å². The molecule has 1 fully saturated rings. The van der Waals surface area contributed by atoms with Gasteiger partial charge in [0.15, 0.2) is 0 Å². The van der Waals surface area contributed by atoms with Crippen molar-refractivity contribution < 1.29 is 14.7 Å². The molecule has 5 heteroatoms. The number of hydrogen-bond donors (Lipinski definition) is 3. The lowest BCUT2D eigenvalue weighted by molar-refractivity contribution is -0.148. The van der Waals surface area contributed by atoms with Gasteiger partial charge in [0.1, 0.15) is 0 Å². The molecule has 1 aliphatic rings. The fourth-order valence-electron chi connectivity index (χ4n) is 2.19. The van der Waals surface area contributed by atoms with Crippen LogP contribution in [0.3, 0.4) is 0 Å². The number of hydrogen-bond acceptors (Lipinski definition) is 3. The zero-order chi connectivity index (χ0) is 12.0. The third-order valence-electron chi connectivity index (χ3n) is 3.10. The molecule has 0 bridgehead atoms. The SMILES string of the molecule is NCCCNC(=O)[C@@H]1CCCC[C@@H]1C(=O)O. The van der Waals surface area contributed by atoms with Crippen LogP contribution in [0.5, 0.6) is 0 Å². The molecule has 16 heavy (non-hydrogen) atoms. The summed E-state index contributed by atoms with van der Waals surface area (Å²) in [6.07, 6.45) is 3.88. The zero-order valence-electron chi connectivity index (χ0n) is 9.45. The lowest BCUT2D eigenvalue weighted by Crippen LogP contribution is -2.40. The molecule has 0 unspecified atom stereocenters. The van der Waals surface area contributed by atoms with Crippen LogP contribution in [0.15, 0.2) is 0 Å². The summed E-state index contributed by atoms with van der Waals surface area (Å²) >= 11 is 0. The van der Waals surface area contributed by atoms with Crippen molar-refractivity contribution >= 4 is 11.9 Å². The highest BCUT2D eigenvalue weighted by Crippen LogP contribution is 2.30. The smallest absolute Gasteiger partial charge is 0.307 e. The van der Waals surface area contributed by atoms with Crippen molar-refractivity contribution in [3.8, 4) is 0 Å². The van der Waals surface area contributed by atoms with E-state index in [9.17, 15) is 9.59 Å². The fourth-order valence-corrected chi connectivity index (χ4v) is 2.19. The number of nitrogens with two attached hydrogens (primary N) is 1. The van der Waals surface area contributed by atoms with Gasteiger partial charge in [-0.2, -0.15) is 0 Å². The zero-order valence-corrected chi connectivity index (χ0v) is 9.45. The van der Waals surface area contributed by atoms with Gasteiger partial charge < -0.3 is 16.2 Å². The summed E-state index contributed by atoms with van der Waals surface area (Å²) in [7, 11) is 0. The van der Waals surface area contributed by atoms with E-state index in [-0.39, 0.29) is 11.8 Å². The van der Waals surface area contributed by atoms with Crippen molar-refractivity contribution in [1.82, 2.24) is 5.32 Å². The molecule has 2 atom stereocenters. The molecule has 1 saturated carbocycles. The molecule has 0 aromatic rings. The van der Waals surface area contributed by atoms with E-state index in [1.165, 1.54) is 0 Å². The number of carbonyl (C=O) groups excluding carboxylic acids is 1. The summed E-state index contributed by atoms with van der Waals surface area (Å²) in [5.41, 5.74) is 5.32. The van der Waals surface area contributed by atoms with Gasteiger partial charge in [-0.05, 0) is 25.8 Å². The Labute approximate surface area is 95.4 Å². The summed E-state index contributed by atoms with van der Waals surface area (Å²) in [4.78, 5) is 22.8. The van der Waals surface area contributed by atoms with E-state index in [0.717, 1.165) is 19.3 Å². The minimum Gasteiger partial charge on any atom is -0.481 e. The Balaban J connectivity index is 2.47. The summed E-state index contributed by atoms with van der Waals surface area (Å²) in [5.74, 6) is -1.84. The Morgan fingerprint density at radius 1 is 1.25 bits per heavy atom. The Kier molecular flexibility index (Phi) is 5.25. The number of rotatable bonds is 5. The predicted molar refractivity (Wildman–Crippen MR) is 59.8 cm³/mol. The van der Waals surface area contributed by atoms with Crippen LogP contribution >= 0.6 is 0 Å². The molecular formula is C11H20N2O3. The van der Waals surface area contributed by atoms with Gasteiger partial charge >= 0.3 is 5.97 Å². The van der Waals surface area contributed by atoms with Crippen LogP contribution < -0.4 is 11.1 Å². The van der Waals surface area contributed by atoms with E-state index in [4.69, 9.17) is 10.8 Å². The Morgan fingerprint density at radius 3 is 2.44 bits per heavy atom. The number of aliphatic carboxylic acids is 1. The molecule has 1 rings (SSSR count). The number of carboxylic acid groups (broad SMARTS) is 1. The monoisotopic (exact) mass is 228 g/mol. The summed E-state index contributed by atoms with van der Waals surface area (Å²) in [5, 5.41) is 11.8. The molecule has 0 radical (unpaired) electrons. The van der Waals surface area contributed by atoms with Crippen molar-refractivity contribution in [2.45, 2.75) is 32.1 Å². The number of carbonyl (C=O) groups is 2. The van der Waals surface area contributed by atoms with E-state index in [1.54, 1.807) is 0 Å². The number of amides is 1. The van der Waals surface area contributed by atoms with Crippen molar-refractivity contribution in [3.05, 3.63) is 0 Å². The first-order chi connectivity index (χ1) is 7.66. The van der Waals surface area contributed by atoms with E-state index >= 15 is 0 Å².